The van der Waals surface area contributed by atoms with E-state index in [1.807, 2.05) is 12.1 Å². The predicted molar refractivity (Wildman–Crippen MR) is 93.8 cm³/mol. The maximum absolute atomic E-state index is 12.8. The molecule has 2 amide bonds. The van der Waals surface area contributed by atoms with E-state index in [2.05, 4.69) is 10.3 Å². The normalized spacial score (nSPS) is 10.1. The molecule has 3 rings (SSSR count). The van der Waals surface area contributed by atoms with Crippen LogP contribution in [0.2, 0.25) is 0 Å². The van der Waals surface area contributed by atoms with Gasteiger partial charge in [0.05, 0.1) is 5.56 Å². The molecule has 3 aromatic rings. The zero-order chi connectivity index (χ0) is 17.6. The summed E-state index contributed by atoms with van der Waals surface area (Å²) in [6.07, 6.45) is 1.45. The standard InChI is InChI=1S/C19H15N3O3/c20-19(24)22-16-15(17(23)13-7-3-1-4-8-13)11-12-21-18(16)25-14-9-5-2-6-10-14/h1-12H,(H3,20,22,24). The van der Waals surface area contributed by atoms with E-state index in [1.165, 1.54) is 12.3 Å². The minimum Gasteiger partial charge on any atom is -0.437 e. The number of benzene rings is 2. The monoisotopic (exact) mass is 333 g/mol. The third-order valence-electron chi connectivity index (χ3n) is 3.40. The molecule has 0 unspecified atom stereocenters. The number of nitrogens with one attached hydrogen (secondary N) is 1. The van der Waals surface area contributed by atoms with E-state index in [9.17, 15) is 9.59 Å². The molecule has 0 aliphatic carbocycles. The van der Waals surface area contributed by atoms with E-state index in [1.54, 1.807) is 48.5 Å². The molecule has 6 nitrogen and oxygen atoms in total. The number of nitrogens with two attached hydrogens (primary N) is 1. The lowest BCUT2D eigenvalue weighted by atomic mass is 10.0. The van der Waals surface area contributed by atoms with Crippen molar-refractivity contribution in [3.8, 4) is 11.6 Å². The Kier molecular flexibility index (Phi) is 4.71. The van der Waals surface area contributed by atoms with Crippen LogP contribution in [0, 0.1) is 0 Å². The number of amides is 2. The molecule has 1 heterocycles. The molecular weight excluding hydrogens is 318 g/mol. The summed E-state index contributed by atoms with van der Waals surface area (Å²) in [5.74, 6) is 0.336. The second kappa shape index (κ2) is 7.27. The van der Waals surface area contributed by atoms with Gasteiger partial charge in [-0.2, -0.15) is 0 Å². The number of aromatic nitrogens is 1. The van der Waals surface area contributed by atoms with Crippen molar-refractivity contribution in [2.75, 3.05) is 5.32 Å². The van der Waals surface area contributed by atoms with Crippen LogP contribution in [0.3, 0.4) is 0 Å². The van der Waals surface area contributed by atoms with Gasteiger partial charge in [0.25, 0.3) is 0 Å². The van der Waals surface area contributed by atoms with Crippen molar-refractivity contribution in [3.63, 3.8) is 0 Å². The highest BCUT2D eigenvalue weighted by atomic mass is 16.5. The Morgan fingerprint density at radius 2 is 1.56 bits per heavy atom. The number of ether oxygens (including phenoxy) is 1. The Labute approximate surface area is 144 Å². The number of nitrogens with zero attached hydrogens (tertiary/aromatic N) is 1. The second-order valence-corrected chi connectivity index (χ2v) is 5.14. The number of anilines is 1. The molecule has 1 aromatic heterocycles. The molecule has 0 spiro atoms. The van der Waals surface area contributed by atoms with E-state index >= 15 is 0 Å². The summed E-state index contributed by atoms with van der Waals surface area (Å²) in [7, 11) is 0. The molecule has 124 valence electrons. The van der Waals surface area contributed by atoms with Crippen LogP contribution >= 0.6 is 0 Å². The molecule has 0 radical (unpaired) electrons. The minimum absolute atomic E-state index is 0.0896. The molecule has 0 saturated heterocycles. The van der Waals surface area contributed by atoms with Crippen molar-refractivity contribution in [1.29, 1.82) is 0 Å². The fourth-order valence-electron chi connectivity index (χ4n) is 2.30. The molecule has 0 fully saturated rings. The Hall–Kier alpha value is -3.67. The SMILES string of the molecule is NC(=O)Nc1c(C(=O)c2ccccc2)ccnc1Oc1ccccc1. The van der Waals surface area contributed by atoms with Gasteiger partial charge in [-0.15, -0.1) is 0 Å². The number of ketones is 1. The third-order valence-corrected chi connectivity index (χ3v) is 3.40. The predicted octanol–water partition coefficient (Wildman–Crippen LogP) is 3.60. The summed E-state index contributed by atoms with van der Waals surface area (Å²) in [5, 5.41) is 2.44. The third kappa shape index (κ3) is 3.81. The van der Waals surface area contributed by atoms with Gasteiger partial charge in [-0.05, 0) is 18.2 Å². The van der Waals surface area contributed by atoms with Crippen LogP contribution in [-0.2, 0) is 0 Å². The molecule has 25 heavy (non-hydrogen) atoms. The molecular formula is C19H15N3O3. The van der Waals surface area contributed by atoms with E-state index in [-0.39, 0.29) is 22.9 Å². The first kappa shape index (κ1) is 16.2. The Morgan fingerprint density at radius 3 is 2.20 bits per heavy atom. The first-order chi connectivity index (χ1) is 12.1. The highest BCUT2D eigenvalue weighted by molar-refractivity contribution is 6.14. The number of primary amides is 1. The van der Waals surface area contributed by atoms with Gasteiger partial charge in [0.15, 0.2) is 5.78 Å². The topological polar surface area (TPSA) is 94.3 Å². The van der Waals surface area contributed by atoms with Crippen molar-refractivity contribution in [3.05, 3.63) is 84.1 Å². The van der Waals surface area contributed by atoms with E-state index in [0.717, 1.165) is 0 Å². The van der Waals surface area contributed by atoms with Crippen LogP contribution < -0.4 is 15.8 Å². The fraction of sp³-hybridized carbons (Fsp3) is 0. The Morgan fingerprint density at radius 1 is 0.920 bits per heavy atom. The maximum Gasteiger partial charge on any atom is 0.316 e. The summed E-state index contributed by atoms with van der Waals surface area (Å²) in [4.78, 5) is 28.3. The summed E-state index contributed by atoms with van der Waals surface area (Å²) < 4.78 is 5.70. The number of rotatable bonds is 5. The van der Waals surface area contributed by atoms with Crippen molar-refractivity contribution in [2.24, 2.45) is 5.73 Å². The molecule has 0 bridgehead atoms. The molecule has 3 N–H and O–H groups in total. The fourth-order valence-corrected chi connectivity index (χ4v) is 2.30. The Balaban J connectivity index is 2.04. The van der Waals surface area contributed by atoms with E-state index in [4.69, 9.17) is 10.5 Å². The first-order valence-electron chi connectivity index (χ1n) is 7.53. The summed E-state index contributed by atoms with van der Waals surface area (Å²) >= 11 is 0. The summed E-state index contributed by atoms with van der Waals surface area (Å²) in [5.41, 5.74) is 6.10. The quantitative estimate of drug-likeness (QED) is 0.698. The lowest BCUT2D eigenvalue weighted by molar-refractivity contribution is 0.103. The average molecular weight is 333 g/mol. The zero-order valence-electron chi connectivity index (χ0n) is 13.2. The van der Waals surface area contributed by atoms with E-state index in [0.29, 0.717) is 11.3 Å². The molecule has 0 aliphatic heterocycles. The average Bonchev–Trinajstić information content (AvgIpc) is 2.64. The smallest absolute Gasteiger partial charge is 0.316 e. The number of hydrogen-bond acceptors (Lipinski definition) is 4. The second-order valence-electron chi connectivity index (χ2n) is 5.14. The number of carbonyl (C=O) groups is 2. The zero-order valence-corrected chi connectivity index (χ0v) is 13.2. The van der Waals surface area contributed by atoms with Crippen LogP contribution in [0.15, 0.2) is 72.9 Å². The van der Waals surface area contributed by atoms with E-state index < -0.39 is 6.03 Å². The summed E-state index contributed by atoms with van der Waals surface area (Å²) in [6.45, 7) is 0. The number of carbonyl (C=O) groups excluding carboxylic acids is 2. The van der Waals surface area contributed by atoms with Crippen molar-refractivity contribution >= 4 is 17.5 Å². The van der Waals surface area contributed by atoms with Crippen LogP contribution in [-0.4, -0.2) is 16.8 Å². The van der Waals surface area contributed by atoms with Crippen LogP contribution in [0.1, 0.15) is 15.9 Å². The van der Waals surface area contributed by atoms with Gasteiger partial charge in [0, 0.05) is 11.8 Å². The number of para-hydroxylation sites is 1. The van der Waals surface area contributed by atoms with Gasteiger partial charge < -0.3 is 15.8 Å². The van der Waals surface area contributed by atoms with Crippen molar-refractivity contribution < 1.29 is 14.3 Å². The van der Waals surface area contributed by atoms with Gasteiger partial charge in [-0.25, -0.2) is 9.78 Å². The largest absolute Gasteiger partial charge is 0.437 e. The van der Waals surface area contributed by atoms with Gasteiger partial charge in [-0.3, -0.25) is 4.79 Å². The molecule has 2 aromatic carbocycles. The number of urea groups is 1. The lowest BCUT2D eigenvalue weighted by Crippen LogP contribution is -2.22. The van der Waals surface area contributed by atoms with Crippen molar-refractivity contribution in [1.82, 2.24) is 4.98 Å². The lowest BCUT2D eigenvalue weighted by Gasteiger charge is -2.14. The minimum atomic E-state index is -0.812. The van der Waals surface area contributed by atoms with Crippen molar-refractivity contribution in [2.45, 2.75) is 0 Å². The highest BCUT2D eigenvalue weighted by Gasteiger charge is 2.20. The van der Waals surface area contributed by atoms with Gasteiger partial charge in [-0.1, -0.05) is 48.5 Å². The summed E-state index contributed by atoms with van der Waals surface area (Å²) in [6, 6.07) is 18.3. The number of hydrogen-bond donors (Lipinski definition) is 2. The maximum atomic E-state index is 12.8. The molecule has 0 atom stereocenters. The highest BCUT2D eigenvalue weighted by Crippen LogP contribution is 2.31. The molecule has 6 heteroatoms. The van der Waals surface area contributed by atoms with Gasteiger partial charge in [0.2, 0.25) is 5.88 Å². The molecule has 0 aliphatic rings. The van der Waals surface area contributed by atoms with Crippen LogP contribution in [0.25, 0.3) is 0 Å². The van der Waals surface area contributed by atoms with Crippen LogP contribution in [0.5, 0.6) is 11.6 Å². The Bertz CT molecular complexity index is 896. The molecule has 0 saturated carbocycles. The van der Waals surface area contributed by atoms with Gasteiger partial charge in [0.1, 0.15) is 11.4 Å². The van der Waals surface area contributed by atoms with Gasteiger partial charge >= 0.3 is 6.03 Å². The van der Waals surface area contributed by atoms with Crippen LogP contribution in [0.4, 0.5) is 10.5 Å². The first-order valence-corrected chi connectivity index (χ1v) is 7.53. The number of pyridine rings is 1.